The number of piperidine rings is 1. The summed E-state index contributed by atoms with van der Waals surface area (Å²) in [5.41, 5.74) is 2.20. The van der Waals surface area contributed by atoms with E-state index in [1.807, 2.05) is 31.2 Å². The lowest BCUT2D eigenvalue weighted by atomic mass is 9.91. The van der Waals surface area contributed by atoms with Crippen molar-refractivity contribution in [2.24, 2.45) is 11.8 Å². The van der Waals surface area contributed by atoms with Crippen molar-refractivity contribution in [3.63, 3.8) is 0 Å². The fourth-order valence-electron chi connectivity index (χ4n) is 3.38. The minimum atomic E-state index is -0.832. The van der Waals surface area contributed by atoms with Gasteiger partial charge in [0.15, 0.2) is 0 Å². The molecule has 0 radical (unpaired) electrons. The van der Waals surface area contributed by atoms with E-state index in [0.29, 0.717) is 19.5 Å². The van der Waals surface area contributed by atoms with Crippen molar-refractivity contribution in [3.8, 4) is 16.9 Å². The van der Waals surface area contributed by atoms with Crippen molar-refractivity contribution in [1.29, 1.82) is 0 Å². The second-order valence-corrected chi connectivity index (χ2v) is 7.97. The number of hydrogen-bond acceptors (Lipinski definition) is 4. The van der Waals surface area contributed by atoms with Gasteiger partial charge in [0.25, 0.3) is 0 Å². The number of amides is 2. The van der Waals surface area contributed by atoms with E-state index in [-0.39, 0.29) is 18.5 Å². The van der Waals surface area contributed by atoms with Crippen LogP contribution in [0.15, 0.2) is 35.7 Å². The summed E-state index contributed by atoms with van der Waals surface area (Å²) in [5.74, 6) is -0.310. The van der Waals surface area contributed by atoms with Gasteiger partial charge in [-0.1, -0.05) is 19.1 Å². The lowest BCUT2D eigenvalue weighted by Gasteiger charge is -2.34. The summed E-state index contributed by atoms with van der Waals surface area (Å²) < 4.78 is 5.18. The molecule has 2 heterocycles. The molecule has 1 fully saturated rings. The molecular weight excluding hydrogens is 364 g/mol. The van der Waals surface area contributed by atoms with Gasteiger partial charge in [0.05, 0.1) is 19.6 Å². The normalized spacial score (nSPS) is 19.6. The summed E-state index contributed by atoms with van der Waals surface area (Å²) in [5, 5.41) is 14.2. The second kappa shape index (κ2) is 8.43. The van der Waals surface area contributed by atoms with Crippen LogP contribution in [0.3, 0.4) is 0 Å². The van der Waals surface area contributed by atoms with Crippen molar-refractivity contribution in [2.45, 2.75) is 19.9 Å². The molecule has 0 spiro atoms. The Morgan fingerprint density at radius 1 is 1.26 bits per heavy atom. The maximum absolute atomic E-state index is 12.4. The van der Waals surface area contributed by atoms with Crippen LogP contribution in [0.25, 0.3) is 11.1 Å². The molecule has 1 saturated heterocycles. The Morgan fingerprint density at radius 2 is 2.00 bits per heavy atom. The standard InChI is InChI=1S/C20H24N2O4S/c1-13-7-15(19(23)24)11-22(10-13)20(25)21-9-18-8-16(12-27-18)14-3-5-17(26-2)6-4-14/h3-6,8,12-13,15H,7,9-11H2,1-2H3,(H,21,25)(H,23,24). The second-order valence-electron chi connectivity index (χ2n) is 6.97. The van der Waals surface area contributed by atoms with Gasteiger partial charge in [-0.15, -0.1) is 11.3 Å². The molecule has 27 heavy (non-hydrogen) atoms. The van der Waals surface area contributed by atoms with Gasteiger partial charge in [-0.25, -0.2) is 4.79 Å². The van der Waals surface area contributed by atoms with Crippen LogP contribution in [0.4, 0.5) is 4.79 Å². The number of benzene rings is 1. The number of carboxylic acid groups (broad SMARTS) is 1. The highest BCUT2D eigenvalue weighted by atomic mass is 32.1. The van der Waals surface area contributed by atoms with Crippen LogP contribution in [-0.4, -0.2) is 42.2 Å². The zero-order valence-electron chi connectivity index (χ0n) is 15.5. The Balaban J connectivity index is 1.57. The molecular formula is C20H24N2O4S. The number of carbonyl (C=O) groups is 2. The van der Waals surface area contributed by atoms with Gasteiger partial charge < -0.3 is 20.1 Å². The van der Waals surface area contributed by atoms with Crippen LogP contribution in [0.5, 0.6) is 5.75 Å². The summed E-state index contributed by atoms with van der Waals surface area (Å²) in [6.45, 7) is 3.28. The molecule has 3 rings (SSSR count). The molecule has 0 aliphatic carbocycles. The topological polar surface area (TPSA) is 78.9 Å². The fraction of sp³-hybridized carbons (Fsp3) is 0.400. The van der Waals surface area contributed by atoms with Gasteiger partial charge in [-0.2, -0.15) is 0 Å². The van der Waals surface area contributed by atoms with Gasteiger partial charge in [0.1, 0.15) is 5.75 Å². The van der Waals surface area contributed by atoms with E-state index in [9.17, 15) is 14.7 Å². The molecule has 1 aliphatic heterocycles. The van der Waals surface area contributed by atoms with Gasteiger partial charge >= 0.3 is 12.0 Å². The van der Waals surface area contributed by atoms with E-state index in [4.69, 9.17) is 4.74 Å². The number of carboxylic acids is 1. The average Bonchev–Trinajstić information content (AvgIpc) is 3.14. The molecule has 1 aliphatic rings. The van der Waals surface area contributed by atoms with Crippen LogP contribution >= 0.6 is 11.3 Å². The first-order chi connectivity index (χ1) is 13.0. The Kier molecular flexibility index (Phi) is 6.01. The van der Waals surface area contributed by atoms with Crippen LogP contribution in [0, 0.1) is 11.8 Å². The lowest BCUT2D eigenvalue weighted by Crippen LogP contribution is -2.49. The van der Waals surface area contributed by atoms with E-state index in [1.54, 1.807) is 23.3 Å². The minimum absolute atomic E-state index is 0.189. The quantitative estimate of drug-likeness (QED) is 0.819. The molecule has 2 amide bonds. The predicted molar refractivity (Wildman–Crippen MR) is 105 cm³/mol. The first-order valence-corrected chi connectivity index (χ1v) is 9.81. The van der Waals surface area contributed by atoms with Crippen LogP contribution in [-0.2, 0) is 11.3 Å². The van der Waals surface area contributed by atoms with Gasteiger partial charge in [-0.3, -0.25) is 4.79 Å². The van der Waals surface area contributed by atoms with Gasteiger partial charge in [-0.05, 0) is 47.0 Å². The number of methoxy groups -OCH3 is 1. The Hall–Kier alpha value is -2.54. The summed E-state index contributed by atoms with van der Waals surface area (Å²) in [7, 11) is 1.64. The Morgan fingerprint density at radius 3 is 2.67 bits per heavy atom. The number of nitrogens with one attached hydrogen (secondary N) is 1. The van der Waals surface area contributed by atoms with Crippen molar-refractivity contribution in [3.05, 3.63) is 40.6 Å². The number of rotatable bonds is 5. The number of nitrogens with zero attached hydrogens (tertiary/aromatic N) is 1. The van der Waals surface area contributed by atoms with E-state index < -0.39 is 11.9 Å². The van der Waals surface area contributed by atoms with Crippen molar-refractivity contribution in [1.82, 2.24) is 10.2 Å². The first kappa shape index (κ1) is 19.2. The Bertz CT molecular complexity index is 803. The smallest absolute Gasteiger partial charge is 0.317 e. The average molecular weight is 388 g/mol. The monoisotopic (exact) mass is 388 g/mol. The van der Waals surface area contributed by atoms with Gasteiger partial charge in [0, 0.05) is 18.0 Å². The summed E-state index contributed by atoms with van der Waals surface area (Å²) in [6.07, 6.45) is 0.620. The zero-order chi connectivity index (χ0) is 19.4. The number of aliphatic carboxylic acids is 1. The first-order valence-electron chi connectivity index (χ1n) is 8.93. The maximum atomic E-state index is 12.4. The third-order valence-corrected chi connectivity index (χ3v) is 5.72. The molecule has 6 nitrogen and oxygen atoms in total. The Labute approximate surface area is 162 Å². The fourth-order valence-corrected chi connectivity index (χ4v) is 4.21. The number of thiophene rings is 1. The van der Waals surface area contributed by atoms with E-state index >= 15 is 0 Å². The largest absolute Gasteiger partial charge is 0.497 e. The summed E-state index contributed by atoms with van der Waals surface area (Å²) in [6, 6.07) is 9.71. The summed E-state index contributed by atoms with van der Waals surface area (Å²) >= 11 is 1.59. The molecule has 1 aromatic carbocycles. The molecule has 0 saturated carbocycles. The van der Waals surface area contributed by atoms with Crippen LogP contribution < -0.4 is 10.1 Å². The predicted octanol–water partition coefficient (Wildman–Crippen LogP) is 3.68. The minimum Gasteiger partial charge on any atom is -0.497 e. The number of urea groups is 1. The lowest BCUT2D eigenvalue weighted by molar-refractivity contribution is -0.143. The van der Waals surface area contributed by atoms with E-state index in [2.05, 4.69) is 16.8 Å². The van der Waals surface area contributed by atoms with E-state index in [0.717, 1.165) is 21.8 Å². The maximum Gasteiger partial charge on any atom is 0.317 e. The molecule has 7 heteroatoms. The molecule has 2 atom stereocenters. The molecule has 0 bridgehead atoms. The highest BCUT2D eigenvalue weighted by Gasteiger charge is 2.31. The molecule has 2 unspecified atom stereocenters. The number of hydrogen-bond donors (Lipinski definition) is 2. The highest BCUT2D eigenvalue weighted by molar-refractivity contribution is 7.10. The van der Waals surface area contributed by atoms with Crippen molar-refractivity contribution < 1.29 is 19.4 Å². The van der Waals surface area contributed by atoms with Crippen LogP contribution in [0.2, 0.25) is 0 Å². The third-order valence-electron chi connectivity index (χ3n) is 4.79. The number of likely N-dealkylation sites (tertiary alicyclic amines) is 1. The van der Waals surface area contributed by atoms with Gasteiger partial charge in [0.2, 0.25) is 0 Å². The number of ether oxygens (including phenoxy) is 1. The number of carbonyl (C=O) groups excluding carboxylic acids is 1. The molecule has 1 aromatic heterocycles. The molecule has 2 aromatic rings. The zero-order valence-corrected chi connectivity index (χ0v) is 16.3. The highest BCUT2D eigenvalue weighted by Crippen LogP contribution is 2.27. The van der Waals surface area contributed by atoms with E-state index in [1.165, 1.54) is 0 Å². The SMILES string of the molecule is COc1ccc(-c2csc(CNC(=O)N3CC(C)CC(C(=O)O)C3)c2)cc1. The van der Waals surface area contributed by atoms with Crippen molar-refractivity contribution >= 4 is 23.3 Å². The summed E-state index contributed by atoms with van der Waals surface area (Å²) in [4.78, 5) is 26.4. The molecule has 2 N–H and O–H groups in total. The van der Waals surface area contributed by atoms with Crippen molar-refractivity contribution in [2.75, 3.05) is 20.2 Å². The van der Waals surface area contributed by atoms with Crippen LogP contribution in [0.1, 0.15) is 18.2 Å². The molecule has 144 valence electrons. The third kappa shape index (κ3) is 4.80.